The Morgan fingerprint density at radius 3 is 2.35 bits per heavy atom. The molecule has 0 atom stereocenters. The second kappa shape index (κ2) is 13.2. The monoisotopic (exact) mass is 637 g/mol. The smallest absolute Gasteiger partial charge is 0.439 e. The van der Waals surface area contributed by atoms with Gasteiger partial charge in [0, 0.05) is 16.0 Å². The predicted octanol–water partition coefficient (Wildman–Crippen LogP) is 5.30. The van der Waals surface area contributed by atoms with E-state index in [-0.39, 0.29) is 18.6 Å². The standard InChI is InChI=1S/C34H31N5O6S/c1-4-25-18-28-31(40)38(20-29(36-44-5-2)23-14-16-24(43-3)17-15-23)34(42)39(32(28)46-25)19-21-10-12-22(13-11-21)26-8-6-7-9-27(26)30-35-33(41)45-37-30/h6-18H,4-5,19-20H2,1-3H3,(H,35,37,41)/b36-29+. The van der Waals surface area contributed by atoms with E-state index in [2.05, 4.69) is 15.3 Å². The molecule has 0 aliphatic carbocycles. The van der Waals surface area contributed by atoms with E-state index in [1.54, 1.807) is 23.8 Å². The van der Waals surface area contributed by atoms with Crippen LogP contribution in [0.2, 0.25) is 0 Å². The molecule has 3 aromatic heterocycles. The van der Waals surface area contributed by atoms with E-state index < -0.39 is 11.4 Å². The van der Waals surface area contributed by atoms with Gasteiger partial charge in [0.05, 0.1) is 25.6 Å². The van der Waals surface area contributed by atoms with Crippen LogP contribution in [-0.4, -0.2) is 38.7 Å². The van der Waals surface area contributed by atoms with Gasteiger partial charge in [-0.15, -0.1) is 11.3 Å². The molecule has 11 nitrogen and oxygen atoms in total. The van der Waals surface area contributed by atoms with Gasteiger partial charge in [-0.25, -0.2) is 9.59 Å². The first-order valence-electron chi connectivity index (χ1n) is 14.7. The summed E-state index contributed by atoms with van der Waals surface area (Å²) < 4.78 is 12.9. The molecule has 6 rings (SSSR count). The molecule has 3 heterocycles. The number of thiophene rings is 1. The molecule has 0 amide bonds. The Morgan fingerprint density at radius 1 is 0.957 bits per heavy atom. The molecule has 0 saturated heterocycles. The maximum atomic E-state index is 14.1. The zero-order valence-corrected chi connectivity index (χ0v) is 26.3. The topological polar surface area (TPSA) is 134 Å². The van der Waals surface area contributed by atoms with Gasteiger partial charge in [0.25, 0.3) is 5.56 Å². The van der Waals surface area contributed by atoms with Crippen LogP contribution in [0, 0.1) is 0 Å². The summed E-state index contributed by atoms with van der Waals surface area (Å²) in [5.41, 5.74) is 3.68. The molecule has 0 fully saturated rings. The number of hydrogen-bond donors (Lipinski definition) is 1. The van der Waals surface area contributed by atoms with Gasteiger partial charge in [-0.2, -0.15) is 0 Å². The molecule has 0 bridgehead atoms. The van der Waals surface area contributed by atoms with Crippen molar-refractivity contribution in [1.82, 2.24) is 19.3 Å². The van der Waals surface area contributed by atoms with Crippen molar-refractivity contribution in [3.8, 4) is 28.3 Å². The van der Waals surface area contributed by atoms with Crippen LogP contribution in [0.4, 0.5) is 0 Å². The van der Waals surface area contributed by atoms with Crippen LogP contribution in [0.1, 0.15) is 29.9 Å². The van der Waals surface area contributed by atoms with E-state index in [9.17, 15) is 14.4 Å². The molecule has 1 N–H and O–H groups in total. The highest BCUT2D eigenvalue weighted by Gasteiger charge is 2.19. The molecule has 0 aliphatic heterocycles. The number of fused-ring (bicyclic) bond motifs is 1. The Hall–Kier alpha value is -5.49. The van der Waals surface area contributed by atoms with Gasteiger partial charge in [0.15, 0.2) is 5.82 Å². The minimum absolute atomic E-state index is 0.0723. The quantitative estimate of drug-likeness (QED) is 0.151. The number of benzene rings is 3. The van der Waals surface area contributed by atoms with Gasteiger partial charge in [-0.1, -0.05) is 65.8 Å². The molecule has 234 valence electrons. The first kappa shape index (κ1) is 30.5. The lowest BCUT2D eigenvalue weighted by Crippen LogP contribution is -2.41. The van der Waals surface area contributed by atoms with Crippen LogP contribution in [-0.2, 0) is 24.3 Å². The molecule has 12 heteroatoms. The number of rotatable bonds is 11. The van der Waals surface area contributed by atoms with Crippen LogP contribution in [0.15, 0.2) is 103 Å². The molecular weight excluding hydrogens is 606 g/mol. The molecule has 0 radical (unpaired) electrons. The van der Waals surface area contributed by atoms with E-state index in [0.717, 1.165) is 33.6 Å². The third-order valence-corrected chi connectivity index (χ3v) is 8.86. The zero-order chi connectivity index (χ0) is 32.2. The van der Waals surface area contributed by atoms with Crippen molar-refractivity contribution >= 4 is 27.3 Å². The van der Waals surface area contributed by atoms with Gasteiger partial charge in [-0.3, -0.25) is 23.4 Å². The largest absolute Gasteiger partial charge is 0.497 e. The summed E-state index contributed by atoms with van der Waals surface area (Å²) in [7, 11) is 1.58. The van der Waals surface area contributed by atoms with E-state index in [0.29, 0.717) is 39.7 Å². The Kier molecular flexibility index (Phi) is 8.79. The van der Waals surface area contributed by atoms with Crippen LogP contribution < -0.4 is 21.7 Å². The lowest BCUT2D eigenvalue weighted by atomic mass is 9.98. The van der Waals surface area contributed by atoms with Crippen LogP contribution >= 0.6 is 11.3 Å². The second-order valence-electron chi connectivity index (χ2n) is 10.4. The summed E-state index contributed by atoms with van der Waals surface area (Å²) in [6.45, 7) is 4.35. The Bertz CT molecular complexity index is 2200. The first-order valence-corrected chi connectivity index (χ1v) is 15.6. The number of ether oxygens (including phenoxy) is 1. The number of aromatic nitrogens is 4. The van der Waals surface area contributed by atoms with Gasteiger partial charge in [0.1, 0.15) is 22.9 Å². The fourth-order valence-electron chi connectivity index (χ4n) is 5.21. The van der Waals surface area contributed by atoms with Gasteiger partial charge >= 0.3 is 11.4 Å². The van der Waals surface area contributed by atoms with E-state index in [1.807, 2.05) is 80.6 Å². The number of aryl methyl sites for hydroxylation is 1. The third-order valence-electron chi connectivity index (χ3n) is 7.56. The van der Waals surface area contributed by atoms with Crippen LogP contribution in [0.5, 0.6) is 5.75 Å². The van der Waals surface area contributed by atoms with Crippen molar-refractivity contribution in [2.75, 3.05) is 13.7 Å². The number of hydrogen-bond acceptors (Lipinski definition) is 9. The summed E-state index contributed by atoms with van der Waals surface area (Å²) in [6, 6.07) is 24.4. The van der Waals surface area contributed by atoms with Crippen molar-refractivity contribution in [3.63, 3.8) is 0 Å². The van der Waals surface area contributed by atoms with Gasteiger partial charge in [0.2, 0.25) is 0 Å². The number of oxime groups is 1. The summed E-state index contributed by atoms with van der Waals surface area (Å²) in [4.78, 5) is 49.1. The van der Waals surface area contributed by atoms with Gasteiger partial charge in [-0.05, 0) is 60.4 Å². The maximum absolute atomic E-state index is 14.1. The number of nitrogens with zero attached hydrogens (tertiary/aromatic N) is 4. The Morgan fingerprint density at radius 2 is 1.70 bits per heavy atom. The highest BCUT2D eigenvalue weighted by molar-refractivity contribution is 7.18. The first-order chi connectivity index (χ1) is 22.4. The summed E-state index contributed by atoms with van der Waals surface area (Å²) in [5.74, 6) is 0.388. The summed E-state index contributed by atoms with van der Waals surface area (Å²) in [5, 5.41) is 8.60. The second-order valence-corrected chi connectivity index (χ2v) is 11.5. The molecule has 0 spiro atoms. The molecule has 6 aromatic rings. The summed E-state index contributed by atoms with van der Waals surface area (Å²) in [6.07, 6.45) is 0.737. The normalized spacial score (nSPS) is 11.7. The zero-order valence-electron chi connectivity index (χ0n) is 25.5. The minimum Gasteiger partial charge on any atom is -0.497 e. The fraction of sp³-hybridized carbons (Fsp3) is 0.206. The molecular formula is C34H31N5O6S. The fourth-order valence-corrected chi connectivity index (χ4v) is 6.29. The average molecular weight is 638 g/mol. The predicted molar refractivity (Wildman–Crippen MR) is 178 cm³/mol. The highest BCUT2D eigenvalue weighted by Crippen LogP contribution is 2.30. The Balaban J connectivity index is 1.39. The van der Waals surface area contributed by atoms with Crippen molar-refractivity contribution in [2.45, 2.75) is 33.4 Å². The third kappa shape index (κ3) is 6.07. The number of H-pyrrole nitrogens is 1. The minimum atomic E-state index is -0.627. The van der Waals surface area contributed by atoms with E-state index >= 15 is 0 Å². The highest BCUT2D eigenvalue weighted by atomic mass is 32.1. The average Bonchev–Trinajstić information content (AvgIpc) is 3.73. The summed E-state index contributed by atoms with van der Waals surface area (Å²) >= 11 is 1.45. The lowest BCUT2D eigenvalue weighted by Gasteiger charge is -2.14. The SMILES string of the molecule is CCO/N=C(\Cn1c(=O)c2cc(CC)sc2n(Cc2ccc(-c3ccccc3-c3noc(=O)[nH]3)cc2)c1=O)c1ccc(OC)cc1. The molecule has 0 saturated carbocycles. The maximum Gasteiger partial charge on any atom is 0.439 e. The molecule has 46 heavy (non-hydrogen) atoms. The number of nitrogens with one attached hydrogen (secondary N) is 1. The molecule has 0 aliphatic rings. The van der Waals surface area contributed by atoms with Crippen LogP contribution in [0.3, 0.4) is 0 Å². The van der Waals surface area contributed by atoms with Crippen molar-refractivity contribution < 1.29 is 14.1 Å². The number of aromatic amines is 1. The van der Waals surface area contributed by atoms with Crippen molar-refractivity contribution in [1.29, 1.82) is 0 Å². The van der Waals surface area contributed by atoms with Crippen LogP contribution in [0.25, 0.3) is 32.7 Å². The molecule has 0 unspecified atom stereocenters. The van der Waals surface area contributed by atoms with Crippen molar-refractivity contribution in [2.24, 2.45) is 5.16 Å². The molecule has 3 aromatic carbocycles. The van der Waals surface area contributed by atoms with Gasteiger partial charge < -0.3 is 9.57 Å². The van der Waals surface area contributed by atoms with Crippen molar-refractivity contribution in [3.05, 3.63) is 126 Å². The lowest BCUT2D eigenvalue weighted by molar-refractivity contribution is 0.158. The number of methoxy groups -OCH3 is 1. The Labute approximate surface area is 267 Å². The van der Waals surface area contributed by atoms with E-state index in [1.165, 1.54) is 15.9 Å². The van der Waals surface area contributed by atoms with E-state index in [4.69, 9.17) is 14.1 Å².